The molecule has 5 heteroatoms. The highest BCUT2D eigenvalue weighted by Gasteiger charge is 2.13. The molecule has 1 unspecified atom stereocenters. The van der Waals surface area contributed by atoms with Crippen molar-refractivity contribution in [1.29, 1.82) is 0 Å². The number of benzene rings is 2. The minimum absolute atomic E-state index is 0.504. The van der Waals surface area contributed by atoms with Gasteiger partial charge in [-0.2, -0.15) is 0 Å². The Hall–Kier alpha value is -1.56. The molecule has 4 nitrogen and oxygen atoms in total. The Morgan fingerprint density at radius 3 is 2.68 bits per heavy atom. The summed E-state index contributed by atoms with van der Waals surface area (Å²) < 4.78 is 5.86. The van der Waals surface area contributed by atoms with Gasteiger partial charge in [-0.05, 0) is 54.2 Å². The zero-order valence-electron chi connectivity index (χ0n) is 12.7. The van der Waals surface area contributed by atoms with Crippen molar-refractivity contribution >= 4 is 23.4 Å². The summed E-state index contributed by atoms with van der Waals surface area (Å²) in [5, 5.41) is 23.9. The lowest BCUT2D eigenvalue weighted by atomic mass is 9.79. The van der Waals surface area contributed by atoms with E-state index in [0.717, 1.165) is 36.1 Å². The predicted molar refractivity (Wildman–Crippen MR) is 89.5 cm³/mol. The van der Waals surface area contributed by atoms with Crippen LogP contribution in [0.5, 0.6) is 5.75 Å². The van der Waals surface area contributed by atoms with Gasteiger partial charge in [0.05, 0.1) is 6.61 Å². The maximum absolute atomic E-state index is 9.20. The summed E-state index contributed by atoms with van der Waals surface area (Å²) in [7, 11) is -1.43. The molecule has 0 spiro atoms. The van der Waals surface area contributed by atoms with E-state index in [-0.39, 0.29) is 0 Å². The summed E-state index contributed by atoms with van der Waals surface area (Å²) in [6, 6.07) is 11.9. The zero-order chi connectivity index (χ0) is 15.4. The molecule has 0 saturated carbocycles. The number of rotatable bonds is 5. The molecule has 0 aliphatic carbocycles. The van der Waals surface area contributed by atoms with Crippen LogP contribution < -0.4 is 15.5 Å². The Labute approximate surface area is 131 Å². The normalized spacial score (nSPS) is 18.4. The first-order chi connectivity index (χ1) is 10.7. The average Bonchev–Trinajstić information content (AvgIpc) is 2.55. The van der Waals surface area contributed by atoms with Crippen molar-refractivity contribution in [3.05, 3.63) is 36.4 Å². The Morgan fingerprint density at radius 2 is 1.91 bits per heavy atom. The fourth-order valence-electron chi connectivity index (χ4n) is 2.98. The first-order valence-electron chi connectivity index (χ1n) is 7.98. The van der Waals surface area contributed by atoms with Crippen LogP contribution in [0.3, 0.4) is 0 Å². The van der Waals surface area contributed by atoms with Gasteiger partial charge in [-0.1, -0.05) is 30.7 Å². The summed E-state index contributed by atoms with van der Waals surface area (Å²) in [5.74, 6) is 0.862. The van der Waals surface area contributed by atoms with Gasteiger partial charge >= 0.3 is 7.12 Å². The number of ether oxygens (including phenoxy) is 1. The highest BCUT2D eigenvalue weighted by Crippen LogP contribution is 2.20. The van der Waals surface area contributed by atoms with Crippen molar-refractivity contribution in [2.45, 2.75) is 31.7 Å². The van der Waals surface area contributed by atoms with Crippen LogP contribution in [0.15, 0.2) is 36.4 Å². The molecular weight excluding hydrogens is 277 g/mol. The fraction of sp³-hybridized carbons (Fsp3) is 0.412. The molecule has 3 N–H and O–H groups in total. The minimum atomic E-state index is -1.43. The maximum Gasteiger partial charge on any atom is 0.488 e. The second kappa shape index (κ2) is 7.14. The monoisotopic (exact) mass is 299 g/mol. The summed E-state index contributed by atoms with van der Waals surface area (Å²) in [4.78, 5) is 0. The van der Waals surface area contributed by atoms with E-state index in [1.54, 1.807) is 12.1 Å². The molecule has 1 aliphatic heterocycles. The second-order valence-corrected chi connectivity index (χ2v) is 5.93. The van der Waals surface area contributed by atoms with E-state index >= 15 is 0 Å². The lowest BCUT2D eigenvalue weighted by molar-refractivity contribution is 0.268. The second-order valence-electron chi connectivity index (χ2n) is 5.93. The molecular formula is C17H22BNO3. The third-order valence-corrected chi connectivity index (χ3v) is 4.28. The minimum Gasteiger partial charge on any atom is -0.494 e. The molecule has 116 valence electrons. The number of fused-ring (bicyclic) bond motifs is 1. The highest BCUT2D eigenvalue weighted by molar-refractivity contribution is 6.58. The SMILES string of the molecule is OB(O)c1ccc2cc(OCCC3CCCCN3)ccc2c1. The topological polar surface area (TPSA) is 61.7 Å². The van der Waals surface area contributed by atoms with Gasteiger partial charge < -0.3 is 20.1 Å². The van der Waals surface area contributed by atoms with Crippen LogP contribution in [0.2, 0.25) is 0 Å². The van der Waals surface area contributed by atoms with Crippen LogP contribution in [0.25, 0.3) is 10.8 Å². The average molecular weight is 299 g/mol. The van der Waals surface area contributed by atoms with E-state index in [1.165, 1.54) is 19.3 Å². The van der Waals surface area contributed by atoms with Crippen molar-refractivity contribution in [3.8, 4) is 5.75 Å². The molecule has 3 rings (SSSR count). The molecule has 0 radical (unpaired) electrons. The molecule has 22 heavy (non-hydrogen) atoms. The standard InChI is InChI=1S/C17H22BNO3/c20-18(21)15-6-4-14-12-17(7-5-13(14)11-15)22-10-8-16-3-1-2-9-19-16/h4-7,11-12,16,19-21H,1-3,8-10H2. The Bertz CT molecular complexity index is 626. The number of nitrogens with one attached hydrogen (secondary N) is 1. The highest BCUT2D eigenvalue weighted by atomic mass is 16.5. The van der Waals surface area contributed by atoms with Gasteiger partial charge in [0, 0.05) is 6.04 Å². The van der Waals surface area contributed by atoms with Crippen LogP contribution in [-0.2, 0) is 0 Å². The molecule has 2 aromatic carbocycles. The van der Waals surface area contributed by atoms with E-state index in [4.69, 9.17) is 4.74 Å². The number of hydrogen-bond donors (Lipinski definition) is 3. The van der Waals surface area contributed by atoms with E-state index < -0.39 is 7.12 Å². The van der Waals surface area contributed by atoms with Crippen molar-refractivity contribution in [2.75, 3.05) is 13.2 Å². The zero-order valence-corrected chi connectivity index (χ0v) is 12.7. The van der Waals surface area contributed by atoms with Crippen molar-refractivity contribution in [2.24, 2.45) is 0 Å². The van der Waals surface area contributed by atoms with E-state index in [0.29, 0.717) is 11.5 Å². The summed E-state index contributed by atoms with van der Waals surface area (Å²) in [6.45, 7) is 1.84. The smallest absolute Gasteiger partial charge is 0.488 e. The molecule has 1 atom stereocenters. The van der Waals surface area contributed by atoms with Crippen molar-refractivity contribution in [3.63, 3.8) is 0 Å². The van der Waals surface area contributed by atoms with Gasteiger partial charge in [-0.15, -0.1) is 0 Å². The maximum atomic E-state index is 9.20. The van der Waals surface area contributed by atoms with Crippen LogP contribution >= 0.6 is 0 Å². The van der Waals surface area contributed by atoms with Gasteiger partial charge in [0.1, 0.15) is 5.75 Å². The molecule has 2 aromatic rings. The van der Waals surface area contributed by atoms with E-state index in [1.807, 2.05) is 24.3 Å². The summed E-state index contributed by atoms with van der Waals surface area (Å²) >= 11 is 0. The predicted octanol–water partition coefficient (Wildman–Crippen LogP) is 1.43. The first kappa shape index (κ1) is 15.3. The molecule has 1 aliphatic rings. The van der Waals surface area contributed by atoms with Crippen LogP contribution in [0.4, 0.5) is 0 Å². The van der Waals surface area contributed by atoms with Gasteiger partial charge in [0.25, 0.3) is 0 Å². The van der Waals surface area contributed by atoms with Crippen molar-refractivity contribution in [1.82, 2.24) is 5.32 Å². The third-order valence-electron chi connectivity index (χ3n) is 4.28. The quantitative estimate of drug-likeness (QED) is 0.731. The molecule has 1 fully saturated rings. The molecule has 1 heterocycles. The van der Waals surface area contributed by atoms with Gasteiger partial charge in [0.15, 0.2) is 0 Å². The molecule has 0 bridgehead atoms. The van der Waals surface area contributed by atoms with Crippen LogP contribution in [0.1, 0.15) is 25.7 Å². The molecule has 1 saturated heterocycles. The third kappa shape index (κ3) is 3.80. The fourth-order valence-corrected chi connectivity index (χ4v) is 2.98. The van der Waals surface area contributed by atoms with E-state index in [9.17, 15) is 10.0 Å². The van der Waals surface area contributed by atoms with Crippen LogP contribution in [-0.4, -0.2) is 36.4 Å². The lowest BCUT2D eigenvalue weighted by Gasteiger charge is -2.23. The largest absolute Gasteiger partial charge is 0.494 e. The number of piperidine rings is 1. The molecule has 0 aromatic heterocycles. The molecule has 0 amide bonds. The van der Waals surface area contributed by atoms with E-state index in [2.05, 4.69) is 5.32 Å². The number of hydrogen-bond acceptors (Lipinski definition) is 4. The lowest BCUT2D eigenvalue weighted by Crippen LogP contribution is -2.35. The Morgan fingerprint density at radius 1 is 1.09 bits per heavy atom. The summed E-state index contributed by atoms with van der Waals surface area (Å²) in [6.07, 6.45) is 4.88. The Kier molecular flexibility index (Phi) is 4.98. The van der Waals surface area contributed by atoms with Gasteiger partial charge in [0.2, 0.25) is 0 Å². The van der Waals surface area contributed by atoms with Crippen molar-refractivity contribution < 1.29 is 14.8 Å². The van der Waals surface area contributed by atoms with Gasteiger partial charge in [-0.25, -0.2) is 0 Å². The summed E-state index contributed by atoms with van der Waals surface area (Å²) in [5.41, 5.74) is 0.504. The Balaban J connectivity index is 1.60. The van der Waals surface area contributed by atoms with Crippen LogP contribution in [0, 0.1) is 0 Å². The van der Waals surface area contributed by atoms with Gasteiger partial charge in [-0.3, -0.25) is 0 Å². The first-order valence-corrected chi connectivity index (χ1v) is 7.98.